The summed E-state index contributed by atoms with van der Waals surface area (Å²) in [6.07, 6.45) is 4.49. The maximum atomic E-state index is 12.0. The van der Waals surface area contributed by atoms with Gasteiger partial charge in [0.1, 0.15) is 11.5 Å². The number of pyridine rings is 1. The first kappa shape index (κ1) is 14.1. The summed E-state index contributed by atoms with van der Waals surface area (Å²) in [7, 11) is 0. The average molecular weight is 299 g/mol. The van der Waals surface area contributed by atoms with Gasteiger partial charge in [-0.3, -0.25) is 9.89 Å². The van der Waals surface area contributed by atoms with E-state index >= 15 is 0 Å². The zero-order valence-electron chi connectivity index (χ0n) is 12.2. The summed E-state index contributed by atoms with van der Waals surface area (Å²) in [5.41, 5.74) is 8.23. The number of hydrogen-bond donors (Lipinski definition) is 3. The Balaban J connectivity index is 1.58. The lowest BCUT2D eigenvalue weighted by molar-refractivity contribution is -0.120. The van der Waals surface area contributed by atoms with E-state index in [0.29, 0.717) is 18.8 Å². The average Bonchev–Trinajstić information content (AvgIpc) is 3.07. The number of nitrogens with zero attached hydrogens (tertiary/aromatic N) is 4. The molecule has 3 aromatic rings. The van der Waals surface area contributed by atoms with Crippen molar-refractivity contribution in [1.29, 1.82) is 0 Å². The van der Waals surface area contributed by atoms with Crippen molar-refractivity contribution in [2.45, 2.75) is 19.8 Å². The molecule has 0 unspecified atom stereocenters. The molecule has 4 N–H and O–H groups in total. The molecule has 114 valence electrons. The fourth-order valence-corrected chi connectivity index (χ4v) is 2.30. The number of hydrogen-bond acceptors (Lipinski definition) is 5. The number of imidazole rings is 1. The van der Waals surface area contributed by atoms with Gasteiger partial charge in [0.05, 0.1) is 12.1 Å². The van der Waals surface area contributed by atoms with Crippen LogP contribution in [0.5, 0.6) is 0 Å². The van der Waals surface area contributed by atoms with E-state index in [1.807, 2.05) is 29.7 Å². The van der Waals surface area contributed by atoms with Gasteiger partial charge in [-0.1, -0.05) is 6.07 Å². The van der Waals surface area contributed by atoms with Crippen LogP contribution in [0.25, 0.3) is 5.65 Å². The van der Waals surface area contributed by atoms with Crippen LogP contribution in [0.3, 0.4) is 0 Å². The summed E-state index contributed by atoms with van der Waals surface area (Å²) < 4.78 is 1.94. The first-order valence-corrected chi connectivity index (χ1v) is 6.98. The molecular formula is C14H17N7O. The number of nitrogens with one attached hydrogen (secondary N) is 2. The predicted octanol–water partition coefficient (Wildman–Crippen LogP) is 0.244. The summed E-state index contributed by atoms with van der Waals surface area (Å²) in [5, 5.41) is 9.29. The molecule has 0 saturated heterocycles. The standard InChI is InChI=1S/C14H17N7O/c1-9-3-2-6-21-10(8-17-13(9)21)7-12(22)16-5-4-11-18-14(15)20-19-11/h2-3,6,8H,4-5,7H2,1H3,(H,16,22)(H3,15,18,19,20). The van der Waals surface area contributed by atoms with E-state index in [2.05, 4.69) is 25.5 Å². The van der Waals surface area contributed by atoms with Gasteiger partial charge >= 0.3 is 0 Å². The number of carbonyl (C=O) groups is 1. The van der Waals surface area contributed by atoms with Crippen molar-refractivity contribution in [2.75, 3.05) is 12.3 Å². The molecule has 0 atom stereocenters. The number of aryl methyl sites for hydroxylation is 1. The van der Waals surface area contributed by atoms with Gasteiger partial charge in [-0.2, -0.15) is 4.98 Å². The van der Waals surface area contributed by atoms with Crippen molar-refractivity contribution in [1.82, 2.24) is 29.9 Å². The maximum Gasteiger partial charge on any atom is 0.239 e. The van der Waals surface area contributed by atoms with Crippen molar-refractivity contribution in [3.63, 3.8) is 0 Å². The number of aromatic amines is 1. The van der Waals surface area contributed by atoms with E-state index in [-0.39, 0.29) is 18.3 Å². The Hall–Kier alpha value is -2.90. The molecule has 0 aliphatic carbocycles. The molecule has 1 amide bonds. The minimum absolute atomic E-state index is 0.0595. The lowest BCUT2D eigenvalue weighted by Gasteiger charge is -2.04. The van der Waals surface area contributed by atoms with Crippen molar-refractivity contribution in [3.05, 3.63) is 41.6 Å². The first-order chi connectivity index (χ1) is 10.6. The number of nitrogen functional groups attached to an aromatic ring is 1. The van der Waals surface area contributed by atoms with Crippen molar-refractivity contribution in [2.24, 2.45) is 0 Å². The third-order valence-electron chi connectivity index (χ3n) is 3.38. The van der Waals surface area contributed by atoms with Gasteiger partial charge in [-0.05, 0) is 18.6 Å². The molecule has 3 aromatic heterocycles. The highest BCUT2D eigenvalue weighted by molar-refractivity contribution is 5.78. The smallest absolute Gasteiger partial charge is 0.239 e. The summed E-state index contributed by atoms with van der Waals surface area (Å²) in [4.78, 5) is 20.3. The Kier molecular flexibility index (Phi) is 3.73. The molecule has 0 radical (unpaired) electrons. The zero-order valence-corrected chi connectivity index (χ0v) is 12.2. The molecule has 0 saturated carbocycles. The molecule has 22 heavy (non-hydrogen) atoms. The van der Waals surface area contributed by atoms with Gasteiger partial charge in [-0.15, -0.1) is 5.10 Å². The van der Waals surface area contributed by atoms with Crippen LogP contribution in [0.15, 0.2) is 24.5 Å². The van der Waals surface area contributed by atoms with E-state index < -0.39 is 0 Å². The molecule has 0 aliphatic heterocycles. The van der Waals surface area contributed by atoms with E-state index in [1.165, 1.54) is 0 Å². The normalized spacial score (nSPS) is 11.0. The Morgan fingerprint density at radius 3 is 3.14 bits per heavy atom. The predicted molar refractivity (Wildman–Crippen MR) is 81.1 cm³/mol. The second kappa shape index (κ2) is 5.84. The maximum absolute atomic E-state index is 12.0. The van der Waals surface area contributed by atoms with Crippen LogP contribution in [-0.2, 0) is 17.6 Å². The monoisotopic (exact) mass is 299 g/mol. The third-order valence-corrected chi connectivity index (χ3v) is 3.38. The van der Waals surface area contributed by atoms with Crippen LogP contribution >= 0.6 is 0 Å². The molecule has 0 spiro atoms. The van der Waals surface area contributed by atoms with Crippen LogP contribution < -0.4 is 11.1 Å². The minimum atomic E-state index is -0.0595. The number of rotatable bonds is 5. The van der Waals surface area contributed by atoms with Gasteiger partial charge in [0.2, 0.25) is 11.9 Å². The summed E-state index contributed by atoms with van der Waals surface area (Å²) in [6, 6.07) is 3.94. The fraction of sp³-hybridized carbons (Fsp3) is 0.286. The highest BCUT2D eigenvalue weighted by atomic mass is 16.1. The topological polar surface area (TPSA) is 114 Å². The molecule has 0 bridgehead atoms. The summed E-state index contributed by atoms with van der Waals surface area (Å²) in [6.45, 7) is 2.47. The van der Waals surface area contributed by atoms with Crippen LogP contribution in [-0.4, -0.2) is 37.0 Å². The Labute approximate surface area is 126 Å². The zero-order chi connectivity index (χ0) is 15.5. The van der Waals surface area contributed by atoms with Gasteiger partial charge in [0.15, 0.2) is 0 Å². The van der Waals surface area contributed by atoms with Gasteiger partial charge in [0.25, 0.3) is 0 Å². The molecule has 0 fully saturated rings. The number of nitrogens with two attached hydrogens (primary N) is 1. The van der Waals surface area contributed by atoms with Gasteiger partial charge < -0.3 is 15.5 Å². The Morgan fingerprint density at radius 1 is 1.50 bits per heavy atom. The third kappa shape index (κ3) is 2.90. The molecule has 0 aliphatic rings. The minimum Gasteiger partial charge on any atom is -0.367 e. The molecular weight excluding hydrogens is 282 g/mol. The lowest BCUT2D eigenvalue weighted by Crippen LogP contribution is -2.27. The molecule has 0 aromatic carbocycles. The van der Waals surface area contributed by atoms with E-state index in [9.17, 15) is 4.79 Å². The number of amides is 1. The SMILES string of the molecule is Cc1cccn2c(CC(=O)NCCc3nc(N)n[nH]3)cnc12. The number of fused-ring (bicyclic) bond motifs is 1. The number of aromatic nitrogens is 5. The second-order valence-corrected chi connectivity index (χ2v) is 5.05. The van der Waals surface area contributed by atoms with Crippen molar-refractivity contribution >= 4 is 17.5 Å². The lowest BCUT2D eigenvalue weighted by atomic mass is 10.3. The highest BCUT2D eigenvalue weighted by Gasteiger charge is 2.09. The van der Waals surface area contributed by atoms with Gasteiger partial charge in [0, 0.05) is 25.4 Å². The van der Waals surface area contributed by atoms with E-state index in [1.54, 1.807) is 6.20 Å². The molecule has 8 heteroatoms. The number of anilines is 1. The largest absolute Gasteiger partial charge is 0.367 e. The molecule has 3 heterocycles. The Bertz CT molecular complexity index is 804. The number of H-pyrrole nitrogens is 1. The summed E-state index contributed by atoms with van der Waals surface area (Å²) in [5.74, 6) is 0.807. The highest BCUT2D eigenvalue weighted by Crippen LogP contribution is 2.11. The first-order valence-electron chi connectivity index (χ1n) is 6.98. The van der Waals surface area contributed by atoms with Crippen LogP contribution in [0.1, 0.15) is 17.1 Å². The Morgan fingerprint density at radius 2 is 2.36 bits per heavy atom. The van der Waals surface area contributed by atoms with E-state index in [0.717, 1.165) is 16.9 Å². The van der Waals surface area contributed by atoms with Crippen molar-refractivity contribution in [3.8, 4) is 0 Å². The van der Waals surface area contributed by atoms with Crippen LogP contribution in [0, 0.1) is 6.92 Å². The van der Waals surface area contributed by atoms with Gasteiger partial charge in [-0.25, -0.2) is 4.98 Å². The summed E-state index contributed by atoms with van der Waals surface area (Å²) >= 11 is 0. The molecule has 3 rings (SSSR count). The van der Waals surface area contributed by atoms with Crippen LogP contribution in [0.2, 0.25) is 0 Å². The quantitative estimate of drug-likeness (QED) is 0.624. The molecule has 8 nitrogen and oxygen atoms in total. The van der Waals surface area contributed by atoms with E-state index in [4.69, 9.17) is 5.73 Å². The second-order valence-electron chi connectivity index (χ2n) is 5.05. The van der Waals surface area contributed by atoms with Crippen LogP contribution in [0.4, 0.5) is 5.95 Å². The number of carbonyl (C=O) groups excluding carboxylic acids is 1. The van der Waals surface area contributed by atoms with Crippen molar-refractivity contribution < 1.29 is 4.79 Å². The fourth-order valence-electron chi connectivity index (χ4n) is 2.30.